The predicted molar refractivity (Wildman–Crippen MR) is 109 cm³/mol. The first-order chi connectivity index (χ1) is 13.3. The highest BCUT2D eigenvalue weighted by Crippen LogP contribution is 2.29. The Morgan fingerprint density at radius 3 is 2.89 bits per heavy atom. The molecule has 3 heterocycles. The quantitative estimate of drug-likeness (QED) is 0.445. The number of nitrogen functional groups attached to an aromatic ring is 1. The minimum absolute atomic E-state index is 0.353. The van der Waals surface area contributed by atoms with Gasteiger partial charge in [-0.15, -0.1) is 0 Å². The standard InChI is InChI=1S/C21H16N6/c22-20-21(26-14-6-7-17-13(11-14)8-10-24-17)27-19(12-25-20)16-3-1-5-18-15(16)4-2-9-23-18/h1-12,24H,(H2,22,25)(H,26,27). The molecular formula is C21H16N6. The van der Waals surface area contributed by atoms with Crippen molar-refractivity contribution >= 4 is 39.1 Å². The molecule has 0 spiro atoms. The van der Waals surface area contributed by atoms with Gasteiger partial charge in [0.2, 0.25) is 0 Å². The second-order valence-corrected chi connectivity index (χ2v) is 6.27. The van der Waals surface area contributed by atoms with E-state index in [4.69, 9.17) is 10.7 Å². The van der Waals surface area contributed by atoms with Crippen LogP contribution in [-0.4, -0.2) is 19.9 Å². The van der Waals surface area contributed by atoms with Gasteiger partial charge in [0.05, 0.1) is 17.4 Å². The molecule has 2 aromatic carbocycles. The van der Waals surface area contributed by atoms with Crippen LogP contribution >= 0.6 is 0 Å². The van der Waals surface area contributed by atoms with Crippen LogP contribution in [0.2, 0.25) is 0 Å². The Morgan fingerprint density at radius 1 is 0.963 bits per heavy atom. The minimum atomic E-state index is 0.353. The van der Waals surface area contributed by atoms with Crippen molar-refractivity contribution in [3.05, 3.63) is 73.2 Å². The highest BCUT2D eigenvalue weighted by atomic mass is 15.1. The van der Waals surface area contributed by atoms with Gasteiger partial charge < -0.3 is 16.0 Å². The van der Waals surface area contributed by atoms with Crippen molar-refractivity contribution in [3.63, 3.8) is 0 Å². The van der Waals surface area contributed by atoms with E-state index in [0.29, 0.717) is 11.6 Å². The van der Waals surface area contributed by atoms with E-state index < -0.39 is 0 Å². The molecule has 0 aliphatic heterocycles. The van der Waals surface area contributed by atoms with Crippen molar-refractivity contribution < 1.29 is 0 Å². The maximum absolute atomic E-state index is 6.07. The van der Waals surface area contributed by atoms with Crippen LogP contribution in [0.15, 0.2) is 73.2 Å². The number of nitrogens with one attached hydrogen (secondary N) is 2. The second kappa shape index (κ2) is 6.10. The van der Waals surface area contributed by atoms with E-state index in [1.807, 2.05) is 60.8 Å². The largest absolute Gasteiger partial charge is 0.381 e. The van der Waals surface area contributed by atoms with E-state index in [2.05, 4.69) is 20.3 Å². The fraction of sp³-hybridized carbons (Fsp3) is 0. The number of fused-ring (bicyclic) bond motifs is 2. The third kappa shape index (κ3) is 2.73. The molecule has 0 amide bonds. The van der Waals surface area contributed by atoms with Crippen molar-refractivity contribution in [2.45, 2.75) is 0 Å². The van der Waals surface area contributed by atoms with Gasteiger partial charge in [-0.25, -0.2) is 9.97 Å². The summed E-state index contributed by atoms with van der Waals surface area (Å²) in [4.78, 5) is 16.6. The number of aromatic amines is 1. The number of hydrogen-bond donors (Lipinski definition) is 3. The Labute approximate surface area is 155 Å². The molecule has 0 bridgehead atoms. The van der Waals surface area contributed by atoms with Crippen LogP contribution in [0.5, 0.6) is 0 Å². The van der Waals surface area contributed by atoms with Crippen LogP contribution in [0, 0.1) is 0 Å². The molecule has 27 heavy (non-hydrogen) atoms. The smallest absolute Gasteiger partial charge is 0.173 e. The summed E-state index contributed by atoms with van der Waals surface area (Å²) >= 11 is 0. The fourth-order valence-corrected chi connectivity index (χ4v) is 3.21. The summed E-state index contributed by atoms with van der Waals surface area (Å²) in [5, 5.41) is 5.42. The molecule has 0 aliphatic rings. The number of nitrogens with zero attached hydrogens (tertiary/aromatic N) is 3. The maximum Gasteiger partial charge on any atom is 0.173 e. The molecule has 5 rings (SSSR count). The number of hydrogen-bond acceptors (Lipinski definition) is 5. The van der Waals surface area contributed by atoms with E-state index in [0.717, 1.165) is 38.8 Å². The lowest BCUT2D eigenvalue weighted by molar-refractivity contribution is 1.21. The molecule has 5 aromatic rings. The first-order valence-electron chi connectivity index (χ1n) is 8.59. The zero-order valence-corrected chi connectivity index (χ0v) is 14.3. The van der Waals surface area contributed by atoms with Crippen LogP contribution in [0.3, 0.4) is 0 Å². The summed E-state index contributed by atoms with van der Waals surface area (Å²) in [5.41, 5.74) is 10.7. The lowest BCUT2D eigenvalue weighted by atomic mass is 10.1. The number of aromatic nitrogens is 4. The van der Waals surface area contributed by atoms with E-state index >= 15 is 0 Å². The van der Waals surface area contributed by atoms with Crippen LogP contribution in [-0.2, 0) is 0 Å². The molecule has 4 N–H and O–H groups in total. The van der Waals surface area contributed by atoms with Crippen molar-refractivity contribution in [1.82, 2.24) is 19.9 Å². The van der Waals surface area contributed by atoms with Gasteiger partial charge >= 0.3 is 0 Å². The van der Waals surface area contributed by atoms with Crippen LogP contribution < -0.4 is 11.1 Å². The Balaban J connectivity index is 1.58. The zero-order valence-electron chi connectivity index (χ0n) is 14.3. The molecular weight excluding hydrogens is 336 g/mol. The van der Waals surface area contributed by atoms with Gasteiger partial charge in [-0.1, -0.05) is 18.2 Å². The van der Waals surface area contributed by atoms with Crippen LogP contribution in [0.1, 0.15) is 0 Å². The predicted octanol–water partition coefficient (Wildman–Crippen LogP) is 4.50. The molecule has 0 unspecified atom stereocenters. The lowest BCUT2D eigenvalue weighted by Crippen LogP contribution is -2.03. The Hall–Kier alpha value is -3.93. The molecule has 6 heteroatoms. The molecule has 0 fully saturated rings. The molecule has 130 valence electrons. The highest BCUT2D eigenvalue weighted by Gasteiger charge is 2.10. The van der Waals surface area contributed by atoms with Crippen molar-refractivity contribution in [1.29, 1.82) is 0 Å². The van der Waals surface area contributed by atoms with Crippen molar-refractivity contribution in [3.8, 4) is 11.3 Å². The molecule has 0 atom stereocenters. The molecule has 0 radical (unpaired) electrons. The second-order valence-electron chi connectivity index (χ2n) is 6.27. The van der Waals surface area contributed by atoms with Gasteiger partial charge in [-0.3, -0.25) is 4.98 Å². The number of nitrogens with two attached hydrogens (primary N) is 1. The minimum Gasteiger partial charge on any atom is -0.381 e. The van der Waals surface area contributed by atoms with E-state index in [1.54, 1.807) is 12.4 Å². The van der Waals surface area contributed by atoms with E-state index in [1.165, 1.54) is 0 Å². The lowest BCUT2D eigenvalue weighted by Gasteiger charge is -2.11. The molecule has 6 nitrogen and oxygen atoms in total. The summed E-state index contributed by atoms with van der Waals surface area (Å²) in [6.07, 6.45) is 5.39. The Kier molecular flexibility index (Phi) is 3.47. The number of rotatable bonds is 3. The third-order valence-electron chi connectivity index (χ3n) is 4.54. The molecule has 0 aliphatic carbocycles. The summed E-state index contributed by atoms with van der Waals surface area (Å²) in [6, 6.07) is 18.0. The van der Waals surface area contributed by atoms with Gasteiger partial charge in [-0.05, 0) is 36.4 Å². The van der Waals surface area contributed by atoms with Gasteiger partial charge in [0.25, 0.3) is 0 Å². The van der Waals surface area contributed by atoms with Gasteiger partial charge in [0.15, 0.2) is 11.6 Å². The first kappa shape index (κ1) is 15.3. The molecule has 0 saturated carbocycles. The Morgan fingerprint density at radius 2 is 1.93 bits per heavy atom. The van der Waals surface area contributed by atoms with E-state index in [9.17, 15) is 0 Å². The van der Waals surface area contributed by atoms with Gasteiger partial charge in [0, 0.05) is 39.9 Å². The average Bonchev–Trinajstić information content (AvgIpc) is 3.17. The summed E-state index contributed by atoms with van der Waals surface area (Å²) in [7, 11) is 0. The van der Waals surface area contributed by atoms with Crippen molar-refractivity contribution in [2.24, 2.45) is 0 Å². The first-order valence-corrected chi connectivity index (χ1v) is 8.59. The maximum atomic E-state index is 6.07. The molecule has 0 saturated heterocycles. The van der Waals surface area contributed by atoms with E-state index in [-0.39, 0.29) is 0 Å². The monoisotopic (exact) mass is 352 g/mol. The number of anilines is 3. The normalized spacial score (nSPS) is 11.1. The molecule has 3 aromatic heterocycles. The fourth-order valence-electron chi connectivity index (χ4n) is 3.21. The number of benzene rings is 2. The SMILES string of the molecule is Nc1ncc(-c2cccc3ncccc23)nc1Nc1ccc2[nH]ccc2c1. The van der Waals surface area contributed by atoms with Gasteiger partial charge in [-0.2, -0.15) is 0 Å². The number of pyridine rings is 1. The van der Waals surface area contributed by atoms with Crippen LogP contribution in [0.25, 0.3) is 33.1 Å². The topological polar surface area (TPSA) is 92.5 Å². The van der Waals surface area contributed by atoms with Gasteiger partial charge in [0.1, 0.15) is 0 Å². The summed E-state index contributed by atoms with van der Waals surface area (Å²) in [5.74, 6) is 0.884. The number of H-pyrrole nitrogens is 1. The summed E-state index contributed by atoms with van der Waals surface area (Å²) in [6.45, 7) is 0. The summed E-state index contributed by atoms with van der Waals surface area (Å²) < 4.78 is 0. The highest BCUT2D eigenvalue weighted by molar-refractivity contribution is 5.94. The average molecular weight is 352 g/mol. The zero-order chi connectivity index (χ0) is 18.2. The van der Waals surface area contributed by atoms with Crippen molar-refractivity contribution in [2.75, 3.05) is 11.1 Å². The van der Waals surface area contributed by atoms with Crippen LogP contribution in [0.4, 0.5) is 17.3 Å². The third-order valence-corrected chi connectivity index (χ3v) is 4.54. The Bertz CT molecular complexity index is 1270.